The van der Waals surface area contributed by atoms with Crippen LogP contribution in [-0.2, 0) is 42.2 Å². The van der Waals surface area contributed by atoms with Crippen LogP contribution < -0.4 is 0 Å². The Balaban J connectivity index is 4.75. The van der Waals surface area contributed by atoms with E-state index in [1.165, 1.54) is 70.6 Å². The van der Waals surface area contributed by atoms with E-state index in [-0.39, 0.29) is 25.9 Å². The lowest BCUT2D eigenvalue weighted by Crippen LogP contribution is -2.30. The Hall–Kier alpha value is -3.34. The molecule has 0 saturated carbocycles. The topological polar surface area (TPSA) is 155 Å². The fourth-order valence-corrected chi connectivity index (χ4v) is 9.27. The van der Waals surface area contributed by atoms with Gasteiger partial charge in [-0.15, -0.1) is 0 Å². The standard InChI is InChI=1S/C66H115O11P/c1-4-7-10-13-16-19-22-25-28-30-31-33-35-37-40-43-46-49-52-55-64(68)73-59-63(77-66(70)57-54-51-48-45-42-39-36-32-29-26-23-20-17-14-11-8-5-2)61-75-78(71,72)74-60-62(58-67)76-65(69)56-53-50-47-44-41-38-34-27-24-21-18-15-12-9-6-3/h8,11,16-17,19-20,25-29,31,33-34,62-63,67H,4-7,9-10,12-15,18,21-24,30,32,35-61H2,1-3H3,(H,71,72)/b11-8-,19-16-,20-17-,28-25-,29-26-,33-31-,34-27-. The van der Waals surface area contributed by atoms with Crippen LogP contribution in [0.2, 0.25) is 0 Å². The summed E-state index contributed by atoms with van der Waals surface area (Å²) in [6.45, 7) is 4.49. The maximum absolute atomic E-state index is 12.9. The summed E-state index contributed by atoms with van der Waals surface area (Å²) in [6, 6.07) is 0. The van der Waals surface area contributed by atoms with Crippen molar-refractivity contribution in [1.29, 1.82) is 0 Å². The molecule has 0 aromatic heterocycles. The molecule has 2 N–H and O–H groups in total. The van der Waals surface area contributed by atoms with E-state index < -0.39 is 57.8 Å². The minimum absolute atomic E-state index is 0.150. The summed E-state index contributed by atoms with van der Waals surface area (Å²) in [5, 5.41) is 9.84. The van der Waals surface area contributed by atoms with E-state index >= 15 is 0 Å². The van der Waals surface area contributed by atoms with Crippen LogP contribution in [0.15, 0.2) is 85.1 Å². The number of unbranched alkanes of at least 4 members (excludes halogenated alkanes) is 27. The molecule has 0 aliphatic heterocycles. The van der Waals surface area contributed by atoms with Gasteiger partial charge in [-0.2, -0.15) is 0 Å². The lowest BCUT2D eigenvalue weighted by molar-refractivity contribution is -0.161. The van der Waals surface area contributed by atoms with Gasteiger partial charge in [0, 0.05) is 19.3 Å². The number of rotatable bonds is 58. The van der Waals surface area contributed by atoms with Gasteiger partial charge >= 0.3 is 25.7 Å². The first-order valence-electron chi connectivity index (χ1n) is 31.5. The molecule has 0 bridgehead atoms. The van der Waals surface area contributed by atoms with Crippen molar-refractivity contribution < 1.29 is 52.2 Å². The summed E-state index contributed by atoms with van der Waals surface area (Å²) in [5.41, 5.74) is 0. The van der Waals surface area contributed by atoms with Gasteiger partial charge in [0.25, 0.3) is 0 Å². The van der Waals surface area contributed by atoms with Crippen molar-refractivity contribution in [3.8, 4) is 0 Å². The summed E-state index contributed by atoms with van der Waals surface area (Å²) in [5.74, 6) is -1.49. The molecule has 0 radical (unpaired) electrons. The molecule has 0 saturated heterocycles. The van der Waals surface area contributed by atoms with Crippen LogP contribution in [0, 0.1) is 0 Å². The molecular formula is C66H115O11P. The number of aliphatic hydroxyl groups is 1. The third-order valence-corrected chi connectivity index (χ3v) is 14.2. The first kappa shape index (κ1) is 74.7. The van der Waals surface area contributed by atoms with Gasteiger partial charge in [-0.05, 0) is 116 Å². The molecule has 3 atom stereocenters. The number of phosphoric ester groups is 1. The lowest BCUT2D eigenvalue weighted by atomic mass is 10.1. The highest BCUT2D eigenvalue weighted by molar-refractivity contribution is 7.47. The van der Waals surface area contributed by atoms with Gasteiger partial charge in [-0.3, -0.25) is 23.4 Å². The molecule has 11 nitrogen and oxygen atoms in total. The fourth-order valence-electron chi connectivity index (χ4n) is 8.49. The molecule has 0 aromatic carbocycles. The molecule has 0 amide bonds. The zero-order valence-corrected chi connectivity index (χ0v) is 50.8. The van der Waals surface area contributed by atoms with Gasteiger partial charge in [-0.25, -0.2) is 4.57 Å². The first-order valence-corrected chi connectivity index (χ1v) is 33.0. The van der Waals surface area contributed by atoms with Crippen LogP contribution in [0.1, 0.15) is 278 Å². The summed E-state index contributed by atoms with van der Waals surface area (Å²) in [6.07, 6.45) is 69.5. The smallest absolute Gasteiger partial charge is 0.462 e. The van der Waals surface area contributed by atoms with Gasteiger partial charge in [-0.1, -0.05) is 228 Å². The van der Waals surface area contributed by atoms with E-state index in [4.69, 9.17) is 23.3 Å². The SMILES string of the molecule is CC/C=C\C/C=C\C/C=C\CCCCCCCCCC(=O)OC(COC(=O)CCCCCCCC/C=C\C/C=C\C/C=C\CCCCC)COP(=O)(O)OCC(CO)OC(=O)CCCCCCC/C=C\CCCCCCCC. The second kappa shape index (κ2) is 59.8. The molecule has 450 valence electrons. The Labute approximate surface area is 477 Å². The number of aliphatic hydroxyl groups excluding tert-OH is 1. The van der Waals surface area contributed by atoms with Crippen LogP contribution in [-0.4, -0.2) is 66.5 Å². The van der Waals surface area contributed by atoms with Crippen LogP contribution in [0.3, 0.4) is 0 Å². The van der Waals surface area contributed by atoms with E-state index in [0.29, 0.717) is 19.3 Å². The molecule has 0 fully saturated rings. The van der Waals surface area contributed by atoms with Crippen molar-refractivity contribution in [2.45, 2.75) is 290 Å². The summed E-state index contributed by atoms with van der Waals surface area (Å²) < 4.78 is 39.6. The monoisotopic (exact) mass is 1110 g/mol. The number of hydrogen-bond donors (Lipinski definition) is 2. The van der Waals surface area contributed by atoms with Gasteiger partial charge < -0.3 is 24.2 Å². The van der Waals surface area contributed by atoms with Crippen molar-refractivity contribution in [3.63, 3.8) is 0 Å². The first-order chi connectivity index (χ1) is 38.2. The molecule has 0 spiro atoms. The number of esters is 3. The molecule has 0 rings (SSSR count). The maximum atomic E-state index is 12.9. The molecule has 3 unspecified atom stereocenters. The number of allylic oxidation sites excluding steroid dienone is 14. The Kier molecular flexibility index (Phi) is 57.2. The average Bonchev–Trinajstić information content (AvgIpc) is 3.43. The van der Waals surface area contributed by atoms with Gasteiger partial charge in [0.2, 0.25) is 0 Å². The van der Waals surface area contributed by atoms with Crippen LogP contribution >= 0.6 is 7.82 Å². The third kappa shape index (κ3) is 57.3. The Morgan fingerprint density at radius 3 is 1.06 bits per heavy atom. The molecular weight excluding hydrogens is 1000 g/mol. The van der Waals surface area contributed by atoms with Crippen LogP contribution in [0.25, 0.3) is 0 Å². The lowest BCUT2D eigenvalue weighted by Gasteiger charge is -2.21. The molecule has 0 heterocycles. The zero-order chi connectivity index (χ0) is 56.9. The highest BCUT2D eigenvalue weighted by Gasteiger charge is 2.28. The predicted octanol–water partition coefficient (Wildman–Crippen LogP) is 19.0. The van der Waals surface area contributed by atoms with Crippen molar-refractivity contribution in [2.24, 2.45) is 0 Å². The van der Waals surface area contributed by atoms with Crippen molar-refractivity contribution in [3.05, 3.63) is 85.1 Å². The quantitative estimate of drug-likeness (QED) is 0.0197. The number of ether oxygens (including phenoxy) is 3. The van der Waals surface area contributed by atoms with Crippen LogP contribution in [0.4, 0.5) is 0 Å². The minimum atomic E-state index is -4.76. The van der Waals surface area contributed by atoms with E-state index in [1.54, 1.807) is 0 Å². The van der Waals surface area contributed by atoms with Crippen molar-refractivity contribution in [1.82, 2.24) is 0 Å². The largest absolute Gasteiger partial charge is 0.472 e. The number of carbonyl (C=O) groups is 3. The van der Waals surface area contributed by atoms with E-state index in [2.05, 4.69) is 106 Å². The Morgan fingerprint density at radius 1 is 0.372 bits per heavy atom. The molecule has 0 aliphatic carbocycles. The molecule has 0 aromatic rings. The maximum Gasteiger partial charge on any atom is 0.472 e. The predicted molar refractivity (Wildman–Crippen MR) is 325 cm³/mol. The zero-order valence-electron chi connectivity index (χ0n) is 49.9. The second-order valence-corrected chi connectivity index (χ2v) is 22.3. The van der Waals surface area contributed by atoms with Crippen LogP contribution in [0.5, 0.6) is 0 Å². The fraction of sp³-hybridized carbons (Fsp3) is 0.742. The average molecular weight is 1120 g/mol. The Bertz CT molecular complexity index is 1630. The molecule has 12 heteroatoms. The van der Waals surface area contributed by atoms with Crippen molar-refractivity contribution >= 4 is 25.7 Å². The summed E-state index contributed by atoms with van der Waals surface area (Å²) >= 11 is 0. The van der Waals surface area contributed by atoms with E-state index in [0.717, 1.165) is 148 Å². The number of hydrogen-bond acceptors (Lipinski definition) is 10. The van der Waals surface area contributed by atoms with Gasteiger partial charge in [0.1, 0.15) is 12.7 Å². The summed E-state index contributed by atoms with van der Waals surface area (Å²) in [7, 11) is -4.76. The number of carbonyl (C=O) groups excluding carboxylic acids is 3. The highest BCUT2D eigenvalue weighted by atomic mass is 31.2. The molecule has 0 aliphatic rings. The van der Waals surface area contributed by atoms with E-state index in [1.807, 2.05) is 0 Å². The second-order valence-electron chi connectivity index (χ2n) is 20.8. The number of phosphoric acid groups is 1. The van der Waals surface area contributed by atoms with Crippen molar-refractivity contribution in [2.75, 3.05) is 26.4 Å². The van der Waals surface area contributed by atoms with Gasteiger partial charge in [0.05, 0.1) is 19.8 Å². The normalized spacial score (nSPS) is 13.9. The van der Waals surface area contributed by atoms with Gasteiger partial charge in [0.15, 0.2) is 6.10 Å². The minimum Gasteiger partial charge on any atom is -0.462 e. The summed E-state index contributed by atoms with van der Waals surface area (Å²) in [4.78, 5) is 48.7. The molecule has 78 heavy (non-hydrogen) atoms. The van der Waals surface area contributed by atoms with E-state index in [9.17, 15) is 28.9 Å². The Morgan fingerprint density at radius 2 is 0.667 bits per heavy atom. The highest BCUT2D eigenvalue weighted by Crippen LogP contribution is 2.43. The third-order valence-electron chi connectivity index (χ3n) is 13.3.